The SMILES string of the molecule is COc1ccc(/C(O)=C2/C(=O)C(=O)N(c3ccccc3C)C2c2ccc(N(C)C)cc2)cc1C. The maximum Gasteiger partial charge on any atom is 0.300 e. The summed E-state index contributed by atoms with van der Waals surface area (Å²) < 4.78 is 5.32. The number of aryl methyl sites for hydroxylation is 2. The van der Waals surface area contributed by atoms with Crippen LogP contribution in [0, 0.1) is 13.8 Å². The van der Waals surface area contributed by atoms with Crippen LogP contribution in [-0.2, 0) is 9.59 Å². The van der Waals surface area contributed by atoms with Gasteiger partial charge in [0, 0.05) is 31.0 Å². The van der Waals surface area contributed by atoms with Crippen molar-refractivity contribution in [1.29, 1.82) is 0 Å². The van der Waals surface area contributed by atoms with E-state index in [1.807, 2.05) is 81.4 Å². The summed E-state index contributed by atoms with van der Waals surface area (Å²) in [6.07, 6.45) is 0. The number of aliphatic hydroxyl groups is 1. The summed E-state index contributed by atoms with van der Waals surface area (Å²) in [7, 11) is 5.47. The predicted molar refractivity (Wildman–Crippen MR) is 134 cm³/mol. The highest BCUT2D eigenvalue weighted by molar-refractivity contribution is 6.51. The molecule has 1 fully saturated rings. The van der Waals surface area contributed by atoms with Crippen molar-refractivity contribution in [3.63, 3.8) is 0 Å². The lowest BCUT2D eigenvalue weighted by molar-refractivity contribution is -0.132. The van der Waals surface area contributed by atoms with Gasteiger partial charge in [-0.2, -0.15) is 0 Å². The van der Waals surface area contributed by atoms with Crippen molar-refractivity contribution in [2.45, 2.75) is 19.9 Å². The third-order valence-corrected chi connectivity index (χ3v) is 6.21. The molecule has 0 aromatic heterocycles. The molecular weight excluding hydrogens is 428 g/mol. The minimum absolute atomic E-state index is 0.0652. The molecule has 34 heavy (non-hydrogen) atoms. The molecule has 4 rings (SSSR count). The van der Waals surface area contributed by atoms with Crippen molar-refractivity contribution >= 4 is 28.8 Å². The van der Waals surface area contributed by atoms with Crippen molar-refractivity contribution in [2.24, 2.45) is 0 Å². The molecule has 1 unspecified atom stereocenters. The molecule has 0 spiro atoms. The molecule has 1 amide bonds. The van der Waals surface area contributed by atoms with E-state index in [1.54, 1.807) is 25.3 Å². The fourth-order valence-corrected chi connectivity index (χ4v) is 4.37. The van der Waals surface area contributed by atoms with Crippen LogP contribution in [0.4, 0.5) is 11.4 Å². The topological polar surface area (TPSA) is 70.1 Å². The molecule has 6 heteroatoms. The number of anilines is 2. The molecule has 0 aliphatic carbocycles. The Hall–Kier alpha value is -4.06. The number of hydrogen-bond donors (Lipinski definition) is 1. The molecule has 0 saturated carbocycles. The van der Waals surface area contributed by atoms with Gasteiger partial charge in [0.1, 0.15) is 11.5 Å². The first-order valence-electron chi connectivity index (χ1n) is 11.0. The van der Waals surface area contributed by atoms with E-state index >= 15 is 0 Å². The highest BCUT2D eigenvalue weighted by atomic mass is 16.5. The second kappa shape index (κ2) is 9.06. The first-order chi connectivity index (χ1) is 16.2. The zero-order valence-electron chi connectivity index (χ0n) is 20.0. The van der Waals surface area contributed by atoms with Gasteiger partial charge in [0.25, 0.3) is 11.7 Å². The molecule has 6 nitrogen and oxygen atoms in total. The van der Waals surface area contributed by atoms with Crippen molar-refractivity contribution in [1.82, 2.24) is 0 Å². The highest BCUT2D eigenvalue weighted by Gasteiger charge is 2.47. The summed E-state index contributed by atoms with van der Waals surface area (Å²) in [6.45, 7) is 3.76. The number of carbonyl (C=O) groups excluding carboxylic acids is 2. The largest absolute Gasteiger partial charge is 0.507 e. The number of methoxy groups -OCH3 is 1. The summed E-state index contributed by atoms with van der Waals surface area (Å²) in [5, 5.41) is 11.3. The Kier molecular flexibility index (Phi) is 6.16. The molecule has 1 atom stereocenters. The number of ketones is 1. The fourth-order valence-electron chi connectivity index (χ4n) is 4.37. The van der Waals surface area contributed by atoms with Gasteiger partial charge < -0.3 is 14.7 Å². The monoisotopic (exact) mass is 456 g/mol. The Morgan fingerprint density at radius 2 is 1.62 bits per heavy atom. The number of amides is 1. The molecule has 0 bridgehead atoms. The van der Waals surface area contributed by atoms with Crippen LogP contribution in [0.3, 0.4) is 0 Å². The molecule has 3 aromatic rings. The van der Waals surface area contributed by atoms with E-state index in [-0.39, 0.29) is 11.3 Å². The van der Waals surface area contributed by atoms with Gasteiger partial charge in [-0.15, -0.1) is 0 Å². The number of rotatable bonds is 5. The van der Waals surface area contributed by atoms with Crippen molar-refractivity contribution in [2.75, 3.05) is 31.0 Å². The minimum atomic E-state index is -0.764. The van der Waals surface area contributed by atoms with Crippen LogP contribution >= 0.6 is 0 Å². The fraction of sp³-hybridized carbons (Fsp3) is 0.214. The molecule has 1 N–H and O–H groups in total. The molecule has 0 radical (unpaired) electrons. The second-order valence-electron chi connectivity index (χ2n) is 8.63. The zero-order valence-corrected chi connectivity index (χ0v) is 20.0. The quantitative estimate of drug-likeness (QED) is 0.332. The first kappa shape index (κ1) is 23.1. The third kappa shape index (κ3) is 3.92. The number of carbonyl (C=O) groups is 2. The number of para-hydroxylation sites is 1. The van der Waals surface area contributed by atoms with Gasteiger partial charge in [0.05, 0.1) is 18.7 Å². The van der Waals surface area contributed by atoms with Gasteiger partial charge in [0.15, 0.2) is 0 Å². The number of hydrogen-bond acceptors (Lipinski definition) is 5. The molecule has 1 saturated heterocycles. The van der Waals surface area contributed by atoms with Crippen LogP contribution in [0.15, 0.2) is 72.3 Å². The molecular formula is C28H28N2O4. The van der Waals surface area contributed by atoms with E-state index in [2.05, 4.69) is 0 Å². The van der Waals surface area contributed by atoms with Gasteiger partial charge in [-0.1, -0.05) is 30.3 Å². The molecule has 174 valence electrons. The van der Waals surface area contributed by atoms with Crippen LogP contribution in [-0.4, -0.2) is 38.0 Å². The van der Waals surface area contributed by atoms with E-state index in [9.17, 15) is 14.7 Å². The van der Waals surface area contributed by atoms with Gasteiger partial charge in [-0.05, 0) is 66.9 Å². The molecule has 3 aromatic carbocycles. The van der Waals surface area contributed by atoms with E-state index in [0.717, 1.165) is 22.4 Å². The van der Waals surface area contributed by atoms with Crippen molar-refractivity contribution < 1.29 is 19.4 Å². The van der Waals surface area contributed by atoms with Crippen LogP contribution in [0.2, 0.25) is 0 Å². The Morgan fingerprint density at radius 3 is 2.21 bits per heavy atom. The maximum atomic E-state index is 13.3. The molecule has 1 heterocycles. The van der Waals surface area contributed by atoms with Gasteiger partial charge in [-0.3, -0.25) is 14.5 Å². The van der Waals surface area contributed by atoms with Crippen LogP contribution in [0.5, 0.6) is 5.75 Å². The first-order valence-corrected chi connectivity index (χ1v) is 11.0. The van der Waals surface area contributed by atoms with Crippen LogP contribution in [0.25, 0.3) is 5.76 Å². The van der Waals surface area contributed by atoms with Crippen molar-refractivity contribution in [3.8, 4) is 5.75 Å². The molecule has 1 aliphatic heterocycles. The van der Waals surface area contributed by atoms with E-state index < -0.39 is 17.7 Å². The second-order valence-corrected chi connectivity index (χ2v) is 8.63. The average molecular weight is 457 g/mol. The zero-order chi connectivity index (χ0) is 24.6. The highest BCUT2D eigenvalue weighted by Crippen LogP contribution is 2.43. The van der Waals surface area contributed by atoms with Crippen molar-refractivity contribution in [3.05, 3.63) is 94.6 Å². The summed E-state index contributed by atoms with van der Waals surface area (Å²) in [5.41, 5.74) is 4.55. The van der Waals surface area contributed by atoms with Crippen LogP contribution < -0.4 is 14.5 Å². The van der Waals surface area contributed by atoms with E-state index in [1.165, 1.54) is 4.90 Å². The standard InChI is InChI=1S/C28H28N2O4/c1-17-8-6-7-9-22(17)30-25(19-10-13-21(14-11-19)29(3)4)24(27(32)28(30)33)26(31)20-12-15-23(34-5)18(2)16-20/h6-16,25,31H,1-5H3/b26-24-. The lowest BCUT2D eigenvalue weighted by Crippen LogP contribution is -2.30. The summed E-state index contributed by atoms with van der Waals surface area (Å²) in [5.74, 6) is -0.909. The lowest BCUT2D eigenvalue weighted by Gasteiger charge is -2.27. The summed E-state index contributed by atoms with van der Waals surface area (Å²) in [4.78, 5) is 30.1. The van der Waals surface area contributed by atoms with E-state index in [0.29, 0.717) is 17.0 Å². The maximum absolute atomic E-state index is 13.3. The predicted octanol–water partition coefficient (Wildman–Crippen LogP) is 5.00. The minimum Gasteiger partial charge on any atom is -0.507 e. The van der Waals surface area contributed by atoms with Gasteiger partial charge >= 0.3 is 0 Å². The molecule has 1 aliphatic rings. The van der Waals surface area contributed by atoms with Gasteiger partial charge in [-0.25, -0.2) is 0 Å². The Morgan fingerprint density at radius 1 is 0.941 bits per heavy atom. The number of benzene rings is 3. The van der Waals surface area contributed by atoms with Crippen LogP contribution in [0.1, 0.15) is 28.3 Å². The summed E-state index contributed by atoms with van der Waals surface area (Å²) in [6, 6.07) is 19.5. The Balaban J connectivity index is 1.94. The smallest absolute Gasteiger partial charge is 0.300 e. The summed E-state index contributed by atoms with van der Waals surface area (Å²) >= 11 is 0. The number of nitrogens with zero attached hydrogens (tertiary/aromatic N) is 2. The number of ether oxygens (including phenoxy) is 1. The van der Waals surface area contributed by atoms with Gasteiger partial charge in [0.2, 0.25) is 0 Å². The van der Waals surface area contributed by atoms with E-state index in [4.69, 9.17) is 4.74 Å². The number of aliphatic hydroxyl groups excluding tert-OH is 1. The normalized spacial score (nSPS) is 17.2. The Bertz CT molecular complexity index is 1290. The number of Topliss-reactive ketones (excluding diaryl/α,β-unsaturated/α-hetero) is 1. The average Bonchev–Trinajstić information content (AvgIpc) is 3.09. The lowest BCUT2D eigenvalue weighted by atomic mass is 9.94. The Labute approximate surface area is 199 Å². The third-order valence-electron chi connectivity index (χ3n) is 6.21.